The smallest absolute Gasteiger partial charge is 0.457 e. The van der Waals surface area contributed by atoms with E-state index in [0.29, 0.717) is 24.1 Å². The zero-order valence-electron chi connectivity index (χ0n) is 36.9. The van der Waals surface area contributed by atoms with Crippen molar-refractivity contribution in [3.05, 3.63) is 24.3 Å². The van der Waals surface area contributed by atoms with Gasteiger partial charge >= 0.3 is 13.8 Å². The fraction of sp³-hybridized carbons (Fsp3) is 0.891. The van der Waals surface area contributed by atoms with Crippen LogP contribution in [0.25, 0.3) is 0 Å². The Balaban J connectivity index is 4.10. The van der Waals surface area contributed by atoms with E-state index < -0.39 is 13.9 Å². The van der Waals surface area contributed by atoms with E-state index in [1.165, 1.54) is 141 Å². The third kappa shape index (κ3) is 43.9. The van der Waals surface area contributed by atoms with Crippen molar-refractivity contribution in [3.8, 4) is 0 Å². The highest BCUT2D eigenvalue weighted by atomic mass is 31.2. The van der Waals surface area contributed by atoms with Crippen molar-refractivity contribution in [1.29, 1.82) is 0 Å². The van der Waals surface area contributed by atoms with Crippen molar-refractivity contribution >= 4 is 13.8 Å². The first-order valence-corrected chi connectivity index (χ1v) is 24.6. The van der Waals surface area contributed by atoms with Crippen LogP contribution in [0.1, 0.15) is 206 Å². The second-order valence-electron chi connectivity index (χ2n) is 16.8. The van der Waals surface area contributed by atoms with Crippen molar-refractivity contribution in [3.63, 3.8) is 0 Å². The van der Waals surface area contributed by atoms with E-state index in [1.807, 2.05) is 21.1 Å². The Bertz CT molecular complexity index is 936. The average Bonchev–Trinajstić information content (AvgIpc) is 3.13. The summed E-state index contributed by atoms with van der Waals surface area (Å²) in [4.78, 5) is 22.8. The lowest BCUT2D eigenvalue weighted by atomic mass is 10.1. The van der Waals surface area contributed by atoms with E-state index in [2.05, 4.69) is 38.2 Å². The van der Waals surface area contributed by atoms with Gasteiger partial charge in [-0.05, 0) is 57.8 Å². The molecule has 0 aromatic rings. The Kier molecular flexibility index (Phi) is 39.1. The molecular weight excluding hydrogens is 709 g/mol. The molecule has 55 heavy (non-hydrogen) atoms. The molecule has 0 radical (unpaired) electrons. The Hall–Kier alpha value is -1.02. The molecule has 0 rings (SSSR count). The van der Waals surface area contributed by atoms with E-state index >= 15 is 0 Å². The molecule has 0 aromatic heterocycles. The first-order chi connectivity index (χ1) is 26.6. The molecule has 326 valence electrons. The molecule has 0 fully saturated rings. The molecule has 0 saturated carbocycles. The SMILES string of the molecule is CCCC/C=C\CCCCCCCC(=O)OC(COCCCCCCCCCCCC/C=C\CCCCCCCCCC)COP(=O)(O)OCC[N+](C)(C)C. The number of nitrogens with zero attached hydrogens (tertiary/aromatic N) is 1. The molecule has 8 nitrogen and oxygen atoms in total. The van der Waals surface area contributed by atoms with Crippen LogP contribution >= 0.6 is 7.82 Å². The molecule has 0 aromatic carbocycles. The lowest BCUT2D eigenvalue weighted by molar-refractivity contribution is -0.870. The number of phosphoric acid groups is 1. The zero-order chi connectivity index (χ0) is 40.6. The molecule has 0 aliphatic carbocycles. The Labute approximate surface area is 341 Å². The summed E-state index contributed by atoms with van der Waals surface area (Å²) in [6.45, 7) is 5.59. The van der Waals surface area contributed by atoms with Gasteiger partial charge in [0, 0.05) is 13.0 Å². The predicted octanol–water partition coefficient (Wildman–Crippen LogP) is 13.6. The van der Waals surface area contributed by atoms with Crippen LogP contribution in [0, 0.1) is 0 Å². The number of likely N-dealkylation sites (N-methyl/N-ethyl adjacent to an activating group) is 1. The average molecular weight is 801 g/mol. The highest BCUT2D eigenvalue weighted by Crippen LogP contribution is 2.43. The molecular formula is C46H91NO7P+. The minimum atomic E-state index is -4.27. The molecule has 2 unspecified atom stereocenters. The van der Waals surface area contributed by atoms with Gasteiger partial charge in [-0.15, -0.1) is 0 Å². The summed E-state index contributed by atoms with van der Waals surface area (Å²) in [5.74, 6) is -0.323. The van der Waals surface area contributed by atoms with E-state index in [9.17, 15) is 14.3 Å². The minimum Gasteiger partial charge on any atom is -0.457 e. The van der Waals surface area contributed by atoms with Crippen LogP contribution in [0.2, 0.25) is 0 Å². The summed E-state index contributed by atoms with van der Waals surface area (Å²) >= 11 is 0. The normalized spacial score (nSPS) is 13.9. The van der Waals surface area contributed by atoms with Crippen LogP contribution in [0.4, 0.5) is 0 Å². The van der Waals surface area contributed by atoms with Crippen molar-refractivity contribution in [1.82, 2.24) is 0 Å². The number of carbonyl (C=O) groups is 1. The van der Waals surface area contributed by atoms with E-state index in [-0.39, 0.29) is 25.8 Å². The molecule has 0 saturated heterocycles. The topological polar surface area (TPSA) is 91.3 Å². The number of ether oxygens (including phenoxy) is 2. The van der Waals surface area contributed by atoms with Gasteiger partial charge in [0.1, 0.15) is 19.3 Å². The van der Waals surface area contributed by atoms with Crippen molar-refractivity contribution in [2.75, 3.05) is 54.1 Å². The largest absolute Gasteiger partial charge is 0.472 e. The molecule has 2 atom stereocenters. The minimum absolute atomic E-state index is 0.0880. The second-order valence-corrected chi connectivity index (χ2v) is 18.2. The highest BCUT2D eigenvalue weighted by molar-refractivity contribution is 7.47. The first kappa shape index (κ1) is 54.0. The van der Waals surface area contributed by atoms with Crippen molar-refractivity contribution in [2.45, 2.75) is 213 Å². The van der Waals surface area contributed by atoms with E-state index in [4.69, 9.17) is 18.5 Å². The number of hydrogen-bond donors (Lipinski definition) is 1. The number of unbranched alkanes of at least 4 members (excludes halogenated alkanes) is 25. The summed E-state index contributed by atoms with van der Waals surface area (Å²) in [6, 6.07) is 0. The molecule has 0 amide bonds. The first-order valence-electron chi connectivity index (χ1n) is 23.1. The molecule has 0 bridgehead atoms. The maximum absolute atomic E-state index is 12.6. The van der Waals surface area contributed by atoms with Gasteiger partial charge in [-0.3, -0.25) is 13.8 Å². The number of esters is 1. The van der Waals surface area contributed by atoms with Crippen LogP contribution in [0.5, 0.6) is 0 Å². The summed E-state index contributed by atoms with van der Waals surface area (Å²) in [7, 11) is 1.67. The number of carbonyl (C=O) groups excluding carboxylic acids is 1. The molecule has 0 aliphatic rings. The van der Waals surface area contributed by atoms with Gasteiger partial charge in [0.25, 0.3) is 0 Å². The molecule has 0 spiro atoms. The maximum atomic E-state index is 12.6. The molecule has 0 aliphatic heterocycles. The Morgan fingerprint density at radius 2 is 0.964 bits per heavy atom. The number of phosphoric ester groups is 1. The van der Waals surface area contributed by atoms with Gasteiger partial charge in [0.05, 0.1) is 34.4 Å². The Morgan fingerprint density at radius 1 is 0.545 bits per heavy atom. The number of quaternary nitrogens is 1. The van der Waals surface area contributed by atoms with Gasteiger partial charge < -0.3 is 18.9 Å². The number of rotatable bonds is 43. The summed E-state index contributed by atoms with van der Waals surface area (Å²) in [6.07, 6.45) is 45.1. The summed E-state index contributed by atoms with van der Waals surface area (Å²) in [5.41, 5.74) is 0. The van der Waals surface area contributed by atoms with E-state index in [1.54, 1.807) is 0 Å². The fourth-order valence-corrected chi connectivity index (χ4v) is 7.09. The van der Waals surface area contributed by atoms with Crippen molar-refractivity contribution < 1.29 is 37.3 Å². The zero-order valence-corrected chi connectivity index (χ0v) is 37.8. The molecule has 1 N–H and O–H groups in total. The van der Waals surface area contributed by atoms with Crippen LogP contribution < -0.4 is 0 Å². The lowest BCUT2D eigenvalue weighted by Crippen LogP contribution is -2.37. The maximum Gasteiger partial charge on any atom is 0.472 e. The van der Waals surface area contributed by atoms with Crippen molar-refractivity contribution in [2.24, 2.45) is 0 Å². The lowest BCUT2D eigenvalue weighted by Gasteiger charge is -2.24. The van der Waals surface area contributed by atoms with E-state index in [0.717, 1.165) is 44.9 Å². The van der Waals surface area contributed by atoms with Gasteiger partial charge in [0.15, 0.2) is 0 Å². The summed E-state index contributed by atoms with van der Waals surface area (Å²) < 4.78 is 35.0. The third-order valence-corrected chi connectivity index (χ3v) is 11.0. The van der Waals surface area contributed by atoms with Crippen LogP contribution in [0.15, 0.2) is 24.3 Å². The number of hydrogen-bond acceptors (Lipinski definition) is 6. The van der Waals surface area contributed by atoms with Gasteiger partial charge in [0.2, 0.25) is 0 Å². The van der Waals surface area contributed by atoms with Crippen LogP contribution in [0.3, 0.4) is 0 Å². The second kappa shape index (κ2) is 39.8. The monoisotopic (exact) mass is 801 g/mol. The fourth-order valence-electron chi connectivity index (χ4n) is 6.35. The predicted molar refractivity (Wildman–Crippen MR) is 233 cm³/mol. The third-order valence-electron chi connectivity index (χ3n) is 9.99. The van der Waals surface area contributed by atoms with Gasteiger partial charge in [-0.1, -0.05) is 167 Å². The quantitative estimate of drug-likeness (QED) is 0.0216. The molecule has 0 heterocycles. The Morgan fingerprint density at radius 3 is 1.44 bits per heavy atom. The van der Waals surface area contributed by atoms with Gasteiger partial charge in [-0.25, -0.2) is 4.57 Å². The summed E-state index contributed by atoms with van der Waals surface area (Å²) in [5, 5.41) is 0. The molecule has 9 heteroatoms. The standard InChI is InChI=1S/C46H90NO7P/c1-6-8-10-12-14-16-18-19-20-21-22-23-24-25-26-27-28-30-32-34-36-38-41-51-43-45(44-53-55(49,50)52-42-40-47(3,4)5)54-46(48)39-37-35-33-31-29-17-15-13-11-9-7-2/h13,15,21-22,45H,6-12,14,16-20,23-44H2,1-5H3/p+1/b15-13-,22-21-. The van der Waals surface area contributed by atoms with Crippen LogP contribution in [-0.2, 0) is 27.9 Å². The van der Waals surface area contributed by atoms with Crippen LogP contribution in [-0.4, -0.2) is 75.6 Å². The van der Waals surface area contributed by atoms with Gasteiger partial charge in [-0.2, -0.15) is 0 Å². The highest BCUT2D eigenvalue weighted by Gasteiger charge is 2.26. The number of allylic oxidation sites excluding steroid dienone is 4.